The van der Waals surface area contributed by atoms with E-state index in [1.165, 1.54) is 0 Å². The fraction of sp³-hybridized carbons (Fsp3) is 0.125. The minimum absolute atomic E-state index is 0.610. The summed E-state index contributed by atoms with van der Waals surface area (Å²) in [5.41, 5.74) is 8.13. The molecular weight excluding hydrogens is 246 g/mol. The van der Waals surface area contributed by atoms with Crippen LogP contribution in [0.5, 0.6) is 0 Å². The Kier molecular flexibility index (Phi) is 2.20. The van der Waals surface area contributed by atoms with Crippen molar-refractivity contribution in [3.8, 4) is 11.3 Å². The lowest BCUT2D eigenvalue weighted by Gasteiger charge is -2.04. The molecule has 0 aliphatic rings. The van der Waals surface area contributed by atoms with Gasteiger partial charge in [0.15, 0.2) is 4.60 Å². The van der Waals surface area contributed by atoms with Gasteiger partial charge < -0.3 is 5.73 Å². The molecule has 0 aliphatic carbocycles. The monoisotopic (exact) mass is 253 g/mol. The maximum atomic E-state index is 5.80. The summed E-state index contributed by atoms with van der Waals surface area (Å²) in [7, 11) is 1.81. The highest BCUT2D eigenvalue weighted by Gasteiger charge is 2.12. The minimum atomic E-state index is 0.610. The van der Waals surface area contributed by atoms with Gasteiger partial charge in [0.1, 0.15) is 5.69 Å². The van der Waals surface area contributed by atoms with Gasteiger partial charge >= 0.3 is 0 Å². The number of aryl methyl sites for hydroxylation is 1. The van der Waals surface area contributed by atoms with Crippen molar-refractivity contribution in [2.24, 2.45) is 7.05 Å². The maximum absolute atomic E-state index is 5.80. The second kappa shape index (κ2) is 3.38. The molecule has 0 bridgehead atoms. The maximum Gasteiger partial charge on any atom is 0.156 e. The lowest BCUT2D eigenvalue weighted by atomic mass is 10.2. The Morgan fingerprint density at radius 3 is 2.86 bits per heavy atom. The summed E-state index contributed by atoms with van der Waals surface area (Å²) in [4.78, 5) is 3.92. The third-order valence-electron chi connectivity index (χ3n) is 1.89. The van der Waals surface area contributed by atoms with Crippen molar-refractivity contribution in [2.45, 2.75) is 0 Å². The third kappa shape index (κ3) is 1.37. The summed E-state index contributed by atoms with van der Waals surface area (Å²) in [5.74, 6) is 0. The lowest BCUT2D eigenvalue weighted by molar-refractivity contribution is 0.720. The molecule has 2 rings (SSSR count). The van der Waals surface area contributed by atoms with Crippen LogP contribution in [-0.4, -0.2) is 20.0 Å². The standard InChI is InChI=1S/C8H8BrN5/c1-14-7(8(9)12-13-14)5-2-3-11-4-6(5)10/h2-4H,10H2,1H3. The number of aromatic nitrogens is 4. The Bertz CT molecular complexity index is 445. The molecule has 14 heavy (non-hydrogen) atoms. The first-order chi connectivity index (χ1) is 6.70. The van der Waals surface area contributed by atoms with E-state index >= 15 is 0 Å². The highest BCUT2D eigenvalue weighted by atomic mass is 79.9. The summed E-state index contributed by atoms with van der Waals surface area (Å²) < 4.78 is 2.34. The van der Waals surface area contributed by atoms with Gasteiger partial charge in [0.25, 0.3) is 0 Å². The quantitative estimate of drug-likeness (QED) is 0.830. The molecule has 5 nitrogen and oxygen atoms in total. The first-order valence-corrected chi connectivity index (χ1v) is 4.74. The zero-order chi connectivity index (χ0) is 10.1. The third-order valence-corrected chi connectivity index (χ3v) is 2.43. The molecule has 0 radical (unpaired) electrons. The topological polar surface area (TPSA) is 69.6 Å². The molecule has 6 heteroatoms. The number of pyridine rings is 1. The zero-order valence-corrected chi connectivity index (χ0v) is 9.06. The van der Waals surface area contributed by atoms with E-state index in [2.05, 4.69) is 31.2 Å². The van der Waals surface area contributed by atoms with E-state index in [1.807, 2.05) is 13.1 Å². The van der Waals surface area contributed by atoms with Crippen LogP contribution in [0.2, 0.25) is 0 Å². The van der Waals surface area contributed by atoms with Crippen molar-refractivity contribution in [1.29, 1.82) is 0 Å². The van der Waals surface area contributed by atoms with Gasteiger partial charge in [-0.2, -0.15) is 0 Å². The average molecular weight is 254 g/mol. The van der Waals surface area contributed by atoms with E-state index in [4.69, 9.17) is 5.73 Å². The largest absolute Gasteiger partial charge is 0.397 e. The first-order valence-electron chi connectivity index (χ1n) is 3.95. The molecular formula is C8H8BrN5. The molecule has 0 aromatic carbocycles. The van der Waals surface area contributed by atoms with Crippen LogP contribution in [-0.2, 0) is 7.05 Å². The molecule has 0 aliphatic heterocycles. The number of nitrogens with zero attached hydrogens (tertiary/aromatic N) is 4. The first kappa shape index (κ1) is 9.14. The van der Waals surface area contributed by atoms with Crippen molar-refractivity contribution < 1.29 is 0 Å². The fourth-order valence-electron chi connectivity index (χ4n) is 1.24. The predicted molar refractivity (Wildman–Crippen MR) is 56.3 cm³/mol. The second-order valence-corrected chi connectivity index (χ2v) is 3.57. The molecule has 2 aromatic rings. The molecule has 2 aromatic heterocycles. The normalized spacial score (nSPS) is 10.4. The van der Waals surface area contributed by atoms with Gasteiger partial charge in [0.05, 0.1) is 11.9 Å². The van der Waals surface area contributed by atoms with Crippen LogP contribution in [0.15, 0.2) is 23.1 Å². The lowest BCUT2D eigenvalue weighted by Crippen LogP contribution is -1.97. The van der Waals surface area contributed by atoms with Gasteiger partial charge in [-0.3, -0.25) is 4.98 Å². The van der Waals surface area contributed by atoms with Crippen LogP contribution in [0.3, 0.4) is 0 Å². The fourth-order valence-corrected chi connectivity index (χ4v) is 1.78. The van der Waals surface area contributed by atoms with Crippen molar-refractivity contribution in [3.63, 3.8) is 0 Å². The molecule has 0 spiro atoms. The molecule has 2 heterocycles. The van der Waals surface area contributed by atoms with Crippen LogP contribution in [0.4, 0.5) is 5.69 Å². The molecule has 0 unspecified atom stereocenters. The molecule has 72 valence electrons. The van der Waals surface area contributed by atoms with Gasteiger partial charge in [0.2, 0.25) is 0 Å². The molecule has 0 saturated carbocycles. The van der Waals surface area contributed by atoms with E-state index < -0.39 is 0 Å². The Balaban J connectivity index is 2.66. The number of hydrogen-bond acceptors (Lipinski definition) is 4. The Morgan fingerprint density at radius 2 is 2.29 bits per heavy atom. The van der Waals surface area contributed by atoms with Crippen molar-refractivity contribution in [2.75, 3.05) is 5.73 Å². The SMILES string of the molecule is Cn1nnc(Br)c1-c1ccncc1N. The highest BCUT2D eigenvalue weighted by Crippen LogP contribution is 2.29. The molecule has 0 amide bonds. The van der Waals surface area contributed by atoms with Crippen LogP contribution in [0, 0.1) is 0 Å². The van der Waals surface area contributed by atoms with Crippen LogP contribution in [0.25, 0.3) is 11.3 Å². The number of nitrogens with two attached hydrogens (primary N) is 1. The van der Waals surface area contributed by atoms with E-state index in [0.29, 0.717) is 10.3 Å². The van der Waals surface area contributed by atoms with Gasteiger partial charge in [-0.1, -0.05) is 5.21 Å². The molecule has 0 fully saturated rings. The molecule has 0 atom stereocenters. The predicted octanol–water partition coefficient (Wildman–Crippen LogP) is 1.22. The molecule has 0 saturated heterocycles. The van der Waals surface area contributed by atoms with Gasteiger partial charge in [0, 0.05) is 18.8 Å². The van der Waals surface area contributed by atoms with E-state index in [0.717, 1.165) is 11.3 Å². The Morgan fingerprint density at radius 1 is 1.50 bits per heavy atom. The summed E-state index contributed by atoms with van der Waals surface area (Å²) >= 11 is 3.32. The van der Waals surface area contributed by atoms with E-state index in [-0.39, 0.29) is 0 Å². The Labute approximate surface area is 89.1 Å². The number of halogens is 1. The number of rotatable bonds is 1. The van der Waals surface area contributed by atoms with Crippen LogP contribution >= 0.6 is 15.9 Å². The van der Waals surface area contributed by atoms with Crippen molar-refractivity contribution in [1.82, 2.24) is 20.0 Å². The number of anilines is 1. The number of nitrogen functional groups attached to an aromatic ring is 1. The molecule has 2 N–H and O–H groups in total. The summed E-state index contributed by atoms with van der Waals surface area (Å²) in [6, 6.07) is 1.83. The van der Waals surface area contributed by atoms with Crippen LogP contribution in [0.1, 0.15) is 0 Å². The smallest absolute Gasteiger partial charge is 0.156 e. The Hall–Kier alpha value is -1.43. The summed E-state index contributed by atoms with van der Waals surface area (Å²) in [5, 5.41) is 7.76. The van der Waals surface area contributed by atoms with E-state index in [1.54, 1.807) is 17.1 Å². The second-order valence-electron chi connectivity index (χ2n) is 2.82. The van der Waals surface area contributed by atoms with Crippen molar-refractivity contribution >= 4 is 21.6 Å². The minimum Gasteiger partial charge on any atom is -0.397 e. The highest BCUT2D eigenvalue weighted by molar-refractivity contribution is 9.10. The van der Waals surface area contributed by atoms with Crippen LogP contribution < -0.4 is 5.73 Å². The summed E-state index contributed by atoms with van der Waals surface area (Å²) in [6.45, 7) is 0. The van der Waals surface area contributed by atoms with Gasteiger partial charge in [-0.25, -0.2) is 4.68 Å². The van der Waals surface area contributed by atoms with E-state index in [9.17, 15) is 0 Å². The average Bonchev–Trinajstić information content (AvgIpc) is 2.48. The summed E-state index contributed by atoms with van der Waals surface area (Å²) in [6.07, 6.45) is 3.29. The number of hydrogen-bond donors (Lipinski definition) is 1. The zero-order valence-electron chi connectivity index (χ0n) is 7.48. The van der Waals surface area contributed by atoms with Crippen molar-refractivity contribution in [3.05, 3.63) is 23.1 Å². The van der Waals surface area contributed by atoms with Gasteiger partial charge in [-0.15, -0.1) is 5.10 Å². The van der Waals surface area contributed by atoms with Gasteiger partial charge in [-0.05, 0) is 22.0 Å².